The molecule has 0 bridgehead atoms. The molecule has 2 atom stereocenters. The van der Waals surface area contributed by atoms with Gasteiger partial charge in [0.25, 0.3) is 5.91 Å². The van der Waals surface area contributed by atoms with E-state index in [0.717, 1.165) is 50.6 Å². The average molecular weight is 705 g/mol. The normalized spacial score (nSPS) is 17.2. The number of aliphatic carboxylic acids is 1. The van der Waals surface area contributed by atoms with E-state index in [0.29, 0.717) is 60.9 Å². The van der Waals surface area contributed by atoms with Crippen LogP contribution >= 0.6 is 0 Å². The Balaban J connectivity index is 0.000000872. The summed E-state index contributed by atoms with van der Waals surface area (Å²) >= 11 is 0. The summed E-state index contributed by atoms with van der Waals surface area (Å²) in [6.45, 7) is 6.62. The van der Waals surface area contributed by atoms with Crippen LogP contribution in [0.3, 0.4) is 0 Å². The Labute approximate surface area is 291 Å². The van der Waals surface area contributed by atoms with Crippen LogP contribution in [0.15, 0.2) is 42.5 Å². The van der Waals surface area contributed by atoms with Crippen molar-refractivity contribution in [2.75, 3.05) is 40.5 Å². The number of rotatable bonds is 15. The average Bonchev–Trinajstić information content (AvgIpc) is 3.92. The zero-order chi connectivity index (χ0) is 36.8. The van der Waals surface area contributed by atoms with Crippen LogP contribution in [0.2, 0.25) is 0 Å². The number of nitrogens with zero attached hydrogens (tertiary/aromatic N) is 3. The van der Waals surface area contributed by atoms with E-state index in [9.17, 15) is 28.0 Å². The van der Waals surface area contributed by atoms with Gasteiger partial charge in [0.15, 0.2) is 11.5 Å². The van der Waals surface area contributed by atoms with E-state index in [1.807, 2.05) is 21.9 Å². The number of nitrogens with one attached hydrogen (secondary N) is 1. The summed E-state index contributed by atoms with van der Waals surface area (Å²) in [5, 5.41) is 20.0. The summed E-state index contributed by atoms with van der Waals surface area (Å²) in [4.78, 5) is 39.9. The molecular formula is C36H47F3N4O7. The van der Waals surface area contributed by atoms with Gasteiger partial charge in [0.05, 0.1) is 31.8 Å². The van der Waals surface area contributed by atoms with Crippen LogP contribution in [0.1, 0.15) is 73.9 Å². The van der Waals surface area contributed by atoms with Gasteiger partial charge in [0.2, 0.25) is 5.91 Å². The monoisotopic (exact) mass is 704 g/mol. The molecule has 4 rings (SSSR count). The number of piperidine rings is 1. The molecule has 1 aliphatic carbocycles. The van der Waals surface area contributed by atoms with Gasteiger partial charge in [-0.2, -0.15) is 18.4 Å². The van der Waals surface area contributed by atoms with Crippen molar-refractivity contribution in [2.45, 2.75) is 89.1 Å². The molecule has 2 amide bonds. The fraction of sp³-hybridized carbons (Fsp3) is 0.556. The topological polar surface area (TPSA) is 141 Å². The lowest BCUT2D eigenvalue weighted by Crippen LogP contribution is -2.54. The van der Waals surface area contributed by atoms with Crippen molar-refractivity contribution in [3.05, 3.63) is 59.2 Å². The van der Waals surface area contributed by atoms with Crippen molar-refractivity contribution in [1.29, 1.82) is 5.26 Å². The van der Waals surface area contributed by atoms with Crippen molar-refractivity contribution in [2.24, 2.45) is 0 Å². The first-order valence-electron chi connectivity index (χ1n) is 16.7. The summed E-state index contributed by atoms with van der Waals surface area (Å²) in [6, 6.07) is 15.6. The molecule has 14 heteroatoms. The van der Waals surface area contributed by atoms with Crippen molar-refractivity contribution in [3.8, 4) is 17.6 Å². The lowest BCUT2D eigenvalue weighted by molar-refractivity contribution is -0.192. The Kier molecular flexibility index (Phi) is 15.4. The Morgan fingerprint density at radius 2 is 1.72 bits per heavy atom. The number of alkyl halides is 3. The standard InChI is InChI=1S/C34H46N4O5.C2HF3O2/c1-24(2)38(34(40)27-9-14-31(42-4)32(21-27)43-18-6-17-41-3)30-11-10-28(36-23-30)15-16-37(29-12-13-29)33(39)20-25-7-5-8-26(19-25)22-35;3-2(4,5)1(6)7/h5,7-9,14,19,21,24,28-30,36H,6,10-13,15-18,20,23H2,1-4H3;(H,6,7)/t28-,30-;/m1./s1. The molecule has 2 aromatic rings. The van der Waals surface area contributed by atoms with Crippen LogP contribution in [-0.2, 0) is 20.7 Å². The number of carbonyl (C=O) groups is 3. The summed E-state index contributed by atoms with van der Waals surface area (Å²) in [5.41, 5.74) is 2.04. The molecule has 50 heavy (non-hydrogen) atoms. The molecule has 1 aliphatic heterocycles. The third kappa shape index (κ3) is 12.2. The fourth-order valence-corrected chi connectivity index (χ4v) is 5.88. The molecule has 2 N–H and O–H groups in total. The number of halogens is 3. The molecule has 0 radical (unpaired) electrons. The summed E-state index contributed by atoms with van der Waals surface area (Å²) in [6.07, 6.45) is 0.814. The number of ether oxygens (including phenoxy) is 3. The maximum Gasteiger partial charge on any atom is 0.490 e. The van der Waals surface area contributed by atoms with Gasteiger partial charge >= 0.3 is 12.1 Å². The zero-order valence-corrected chi connectivity index (χ0v) is 29.0. The van der Waals surface area contributed by atoms with Gasteiger partial charge in [-0.1, -0.05) is 12.1 Å². The number of carboxylic acid groups (broad SMARTS) is 1. The lowest BCUT2D eigenvalue weighted by Gasteiger charge is -2.40. The second kappa shape index (κ2) is 19.2. The van der Waals surface area contributed by atoms with E-state index in [1.54, 1.807) is 44.6 Å². The van der Waals surface area contributed by atoms with Crippen LogP contribution in [0.4, 0.5) is 13.2 Å². The summed E-state index contributed by atoms with van der Waals surface area (Å²) in [7, 11) is 3.25. The van der Waals surface area contributed by atoms with E-state index in [-0.39, 0.29) is 23.9 Å². The van der Waals surface area contributed by atoms with Crippen molar-refractivity contribution in [1.82, 2.24) is 15.1 Å². The SMILES string of the molecule is COCCCOc1cc(C(=O)N(C(C)C)[C@@H]2CC[C@H](CCN(C(=O)Cc3cccc(C#N)c3)C3CC3)NC2)ccc1OC.O=C(O)C(F)(F)F. The number of methoxy groups -OCH3 is 2. The maximum atomic E-state index is 13.8. The van der Waals surface area contributed by atoms with E-state index < -0.39 is 12.1 Å². The second-order valence-corrected chi connectivity index (χ2v) is 12.6. The van der Waals surface area contributed by atoms with E-state index >= 15 is 0 Å². The number of hydrogen-bond donors (Lipinski definition) is 2. The quantitative estimate of drug-likeness (QED) is 0.239. The highest BCUT2D eigenvalue weighted by molar-refractivity contribution is 5.95. The highest BCUT2D eigenvalue weighted by Gasteiger charge is 2.38. The van der Waals surface area contributed by atoms with Gasteiger partial charge in [-0.05, 0) is 81.8 Å². The Morgan fingerprint density at radius 1 is 1.02 bits per heavy atom. The minimum atomic E-state index is -5.08. The minimum Gasteiger partial charge on any atom is -0.493 e. The van der Waals surface area contributed by atoms with Gasteiger partial charge in [0.1, 0.15) is 0 Å². The van der Waals surface area contributed by atoms with E-state index in [2.05, 4.69) is 25.2 Å². The lowest BCUT2D eigenvalue weighted by atomic mass is 9.95. The number of amides is 2. The van der Waals surface area contributed by atoms with Crippen LogP contribution in [0.5, 0.6) is 11.5 Å². The third-order valence-electron chi connectivity index (χ3n) is 8.52. The fourth-order valence-electron chi connectivity index (χ4n) is 5.88. The largest absolute Gasteiger partial charge is 0.493 e. The van der Waals surface area contributed by atoms with Crippen LogP contribution in [-0.4, -0.2) is 104 Å². The molecule has 0 unspecified atom stereocenters. The minimum absolute atomic E-state index is 0.0179. The molecule has 1 saturated heterocycles. The first-order valence-corrected chi connectivity index (χ1v) is 16.7. The molecule has 2 aromatic carbocycles. The van der Waals surface area contributed by atoms with Crippen LogP contribution in [0.25, 0.3) is 0 Å². The summed E-state index contributed by atoms with van der Waals surface area (Å²) in [5.74, 6) is -1.49. The number of carboxylic acids is 1. The van der Waals surface area contributed by atoms with E-state index in [4.69, 9.17) is 24.1 Å². The highest BCUT2D eigenvalue weighted by Crippen LogP contribution is 2.31. The maximum absolute atomic E-state index is 13.8. The molecule has 1 saturated carbocycles. The molecule has 274 valence electrons. The van der Waals surface area contributed by atoms with Crippen molar-refractivity contribution >= 4 is 17.8 Å². The van der Waals surface area contributed by atoms with Gasteiger partial charge in [-0.25, -0.2) is 4.79 Å². The number of hydrogen-bond acceptors (Lipinski definition) is 8. The van der Waals surface area contributed by atoms with Gasteiger partial charge < -0.3 is 34.4 Å². The highest BCUT2D eigenvalue weighted by atomic mass is 19.4. The Morgan fingerprint density at radius 3 is 2.28 bits per heavy atom. The Bertz CT molecular complexity index is 1470. The molecule has 11 nitrogen and oxygen atoms in total. The van der Waals surface area contributed by atoms with Gasteiger partial charge in [-0.15, -0.1) is 0 Å². The Hall–Kier alpha value is -4.35. The number of nitriles is 1. The van der Waals surface area contributed by atoms with Gasteiger partial charge in [-0.3, -0.25) is 9.59 Å². The zero-order valence-electron chi connectivity index (χ0n) is 29.0. The first kappa shape index (κ1) is 40.1. The third-order valence-corrected chi connectivity index (χ3v) is 8.52. The predicted molar refractivity (Wildman–Crippen MR) is 179 cm³/mol. The molecule has 1 heterocycles. The van der Waals surface area contributed by atoms with Crippen LogP contribution < -0.4 is 14.8 Å². The smallest absolute Gasteiger partial charge is 0.490 e. The van der Waals surface area contributed by atoms with Crippen LogP contribution in [0, 0.1) is 11.3 Å². The molecular weight excluding hydrogens is 657 g/mol. The molecule has 2 fully saturated rings. The number of carbonyl (C=O) groups excluding carboxylic acids is 2. The van der Waals surface area contributed by atoms with E-state index in [1.165, 1.54) is 0 Å². The summed E-state index contributed by atoms with van der Waals surface area (Å²) < 4.78 is 48.2. The molecule has 2 aliphatic rings. The van der Waals surface area contributed by atoms with Crippen molar-refractivity contribution in [3.63, 3.8) is 0 Å². The van der Waals surface area contributed by atoms with Gasteiger partial charge in [0, 0.05) is 63.0 Å². The first-order chi connectivity index (χ1) is 23.8. The molecule has 0 spiro atoms. The predicted octanol–water partition coefficient (Wildman–Crippen LogP) is 5.21. The van der Waals surface area contributed by atoms with Crippen molar-refractivity contribution < 1.29 is 46.9 Å². The second-order valence-electron chi connectivity index (χ2n) is 12.6. The molecule has 0 aromatic heterocycles. The number of benzene rings is 2.